The van der Waals surface area contributed by atoms with Crippen LogP contribution in [0.3, 0.4) is 0 Å². The Morgan fingerprint density at radius 3 is 2.62 bits per heavy atom. The molecule has 182 valence electrons. The molecule has 1 aliphatic rings. The van der Waals surface area contributed by atoms with Gasteiger partial charge in [0, 0.05) is 18.9 Å². The van der Waals surface area contributed by atoms with Crippen molar-refractivity contribution < 1.29 is 23.0 Å². The molecule has 0 bridgehead atoms. The van der Waals surface area contributed by atoms with Crippen LogP contribution < -0.4 is 10.1 Å². The number of hydrogen-bond donors (Lipinski definition) is 1. The lowest BCUT2D eigenvalue weighted by Crippen LogP contribution is -2.49. The molecular weight excluding hydrogens is 440 g/mol. The summed E-state index contributed by atoms with van der Waals surface area (Å²) < 4.78 is 41.5. The summed E-state index contributed by atoms with van der Waals surface area (Å²) in [6, 6.07) is 14.3. The van der Waals surface area contributed by atoms with Crippen LogP contribution in [0, 0.1) is 5.92 Å². The molecule has 1 amide bonds. The minimum absolute atomic E-state index is 0.0775. The zero-order valence-corrected chi connectivity index (χ0v) is 19.7. The van der Waals surface area contributed by atoms with Crippen molar-refractivity contribution in [3.63, 3.8) is 0 Å². The van der Waals surface area contributed by atoms with Gasteiger partial charge in [-0.05, 0) is 48.9 Å². The fraction of sp³-hybridized carbons (Fsp3) is 0.462. The van der Waals surface area contributed by atoms with Crippen molar-refractivity contribution in [3.05, 3.63) is 60.3 Å². The lowest BCUT2D eigenvalue weighted by Gasteiger charge is -2.32. The maximum Gasteiger partial charge on any atom is 0.321 e. The maximum atomic E-state index is 13.7. The molecule has 0 saturated carbocycles. The van der Waals surface area contributed by atoms with Gasteiger partial charge in [-0.2, -0.15) is 13.9 Å². The topological polar surface area (TPSA) is 65.4 Å². The van der Waals surface area contributed by atoms with Crippen LogP contribution in [-0.4, -0.2) is 34.3 Å². The largest absolute Gasteiger partial charge is 0.484 e. The van der Waals surface area contributed by atoms with Crippen molar-refractivity contribution in [1.82, 2.24) is 15.1 Å². The number of carbonyl (C=O) groups is 1. The Morgan fingerprint density at radius 2 is 1.97 bits per heavy atom. The minimum Gasteiger partial charge on any atom is -0.484 e. The number of nitrogens with zero attached hydrogens (tertiary/aromatic N) is 2. The summed E-state index contributed by atoms with van der Waals surface area (Å²) in [7, 11) is 0. The van der Waals surface area contributed by atoms with Crippen LogP contribution >= 0.6 is 0 Å². The van der Waals surface area contributed by atoms with Crippen LogP contribution in [0.15, 0.2) is 54.7 Å². The van der Waals surface area contributed by atoms with Crippen LogP contribution in [0.1, 0.15) is 57.9 Å². The minimum atomic E-state index is -3.48. The van der Waals surface area contributed by atoms with Crippen LogP contribution in [0.25, 0.3) is 10.9 Å². The molecule has 1 aromatic heterocycles. The van der Waals surface area contributed by atoms with E-state index in [0.29, 0.717) is 12.7 Å². The molecular formula is C26H31F2N3O3. The normalized spacial score (nSPS) is 18.6. The maximum absolute atomic E-state index is 13.7. The van der Waals surface area contributed by atoms with Crippen molar-refractivity contribution in [2.45, 2.75) is 64.3 Å². The third kappa shape index (κ3) is 5.38. The molecule has 3 unspecified atom stereocenters. The number of halogens is 2. The number of fused-ring (bicyclic) bond motifs is 1. The van der Waals surface area contributed by atoms with Gasteiger partial charge in [-0.15, -0.1) is 0 Å². The number of hydrogen-bond acceptors (Lipinski definition) is 4. The number of ether oxygens (including phenoxy) is 2. The Bertz CT molecular complexity index is 1110. The SMILES string of the molecule is CC(C)C(NC(=O)C(C)(F)F)C(Oc1ccc2c(cnn2C2CCCCO2)c1)c1ccccc1. The number of amides is 1. The highest BCUT2D eigenvalue weighted by molar-refractivity contribution is 5.83. The molecule has 0 radical (unpaired) electrons. The summed E-state index contributed by atoms with van der Waals surface area (Å²) in [5, 5.41) is 7.93. The smallest absolute Gasteiger partial charge is 0.321 e. The Balaban J connectivity index is 1.64. The van der Waals surface area contributed by atoms with Gasteiger partial charge in [-0.25, -0.2) is 4.68 Å². The second kappa shape index (κ2) is 10.1. The third-order valence-electron chi connectivity index (χ3n) is 6.13. The molecule has 0 spiro atoms. The Labute approximate surface area is 198 Å². The van der Waals surface area contributed by atoms with Gasteiger partial charge in [0.05, 0.1) is 17.8 Å². The molecule has 1 N–H and O–H groups in total. The first-order chi connectivity index (χ1) is 16.2. The first-order valence-corrected chi connectivity index (χ1v) is 11.7. The van der Waals surface area contributed by atoms with E-state index in [1.165, 1.54) is 0 Å². The molecule has 3 atom stereocenters. The van der Waals surface area contributed by atoms with E-state index >= 15 is 0 Å². The molecule has 2 heterocycles. The van der Waals surface area contributed by atoms with E-state index in [-0.39, 0.29) is 12.1 Å². The number of nitrogens with one attached hydrogen (secondary N) is 1. The molecule has 3 aromatic rings. The molecule has 6 nitrogen and oxygen atoms in total. The van der Waals surface area contributed by atoms with Crippen molar-refractivity contribution in [1.29, 1.82) is 0 Å². The Hall–Kier alpha value is -3.00. The highest BCUT2D eigenvalue weighted by Gasteiger charge is 2.37. The van der Waals surface area contributed by atoms with Crippen molar-refractivity contribution >= 4 is 16.8 Å². The average molecular weight is 472 g/mol. The number of carbonyl (C=O) groups excluding carboxylic acids is 1. The van der Waals surface area contributed by atoms with E-state index in [0.717, 1.165) is 42.3 Å². The number of alkyl halides is 2. The highest BCUT2D eigenvalue weighted by Crippen LogP contribution is 2.32. The number of benzene rings is 2. The van der Waals surface area contributed by atoms with Crippen molar-refractivity contribution in [3.8, 4) is 5.75 Å². The summed E-state index contributed by atoms with van der Waals surface area (Å²) >= 11 is 0. The van der Waals surface area contributed by atoms with Gasteiger partial charge in [0.15, 0.2) is 6.23 Å². The van der Waals surface area contributed by atoms with E-state index in [4.69, 9.17) is 9.47 Å². The van der Waals surface area contributed by atoms with E-state index in [9.17, 15) is 13.6 Å². The van der Waals surface area contributed by atoms with Crippen LogP contribution in [0.2, 0.25) is 0 Å². The van der Waals surface area contributed by atoms with Gasteiger partial charge in [-0.3, -0.25) is 4.79 Å². The zero-order valence-electron chi connectivity index (χ0n) is 19.7. The van der Waals surface area contributed by atoms with Crippen molar-refractivity contribution in [2.75, 3.05) is 6.61 Å². The van der Waals surface area contributed by atoms with Crippen LogP contribution in [-0.2, 0) is 9.53 Å². The second-order valence-electron chi connectivity index (χ2n) is 9.21. The van der Waals surface area contributed by atoms with Gasteiger partial charge in [0.2, 0.25) is 0 Å². The summed E-state index contributed by atoms with van der Waals surface area (Å²) in [5.41, 5.74) is 1.72. The fourth-order valence-corrected chi connectivity index (χ4v) is 4.26. The molecule has 0 aliphatic carbocycles. The molecule has 2 aromatic carbocycles. The van der Waals surface area contributed by atoms with Gasteiger partial charge in [0.25, 0.3) is 5.91 Å². The molecule has 1 fully saturated rings. The predicted octanol–water partition coefficient (Wildman–Crippen LogP) is 5.65. The number of rotatable bonds is 8. The summed E-state index contributed by atoms with van der Waals surface area (Å²) in [6.45, 7) is 5.07. The Morgan fingerprint density at radius 1 is 1.21 bits per heavy atom. The molecule has 1 aliphatic heterocycles. The predicted molar refractivity (Wildman–Crippen MR) is 126 cm³/mol. The van der Waals surface area contributed by atoms with Crippen LogP contribution in [0.5, 0.6) is 5.75 Å². The monoisotopic (exact) mass is 471 g/mol. The first kappa shape index (κ1) is 24.1. The van der Waals surface area contributed by atoms with Gasteiger partial charge in [-0.1, -0.05) is 44.2 Å². The van der Waals surface area contributed by atoms with Crippen molar-refractivity contribution in [2.24, 2.45) is 5.92 Å². The van der Waals surface area contributed by atoms with E-state index in [1.807, 2.05) is 67.1 Å². The second-order valence-corrected chi connectivity index (χ2v) is 9.21. The third-order valence-corrected chi connectivity index (χ3v) is 6.13. The number of aromatic nitrogens is 2. The lowest BCUT2D eigenvalue weighted by molar-refractivity contribution is -0.145. The van der Waals surface area contributed by atoms with Crippen LogP contribution in [0.4, 0.5) is 8.78 Å². The molecule has 4 rings (SSSR count). The van der Waals surface area contributed by atoms with Gasteiger partial charge >= 0.3 is 5.92 Å². The molecule has 8 heteroatoms. The van der Waals surface area contributed by atoms with E-state index in [1.54, 1.807) is 6.20 Å². The average Bonchev–Trinajstić information content (AvgIpc) is 3.25. The van der Waals surface area contributed by atoms with E-state index < -0.39 is 24.0 Å². The fourth-order valence-electron chi connectivity index (χ4n) is 4.26. The van der Waals surface area contributed by atoms with E-state index in [2.05, 4.69) is 10.4 Å². The quantitative estimate of drug-likeness (QED) is 0.461. The highest BCUT2D eigenvalue weighted by atomic mass is 19.3. The Kier molecular flexibility index (Phi) is 7.16. The zero-order chi connectivity index (χ0) is 24.3. The first-order valence-electron chi connectivity index (χ1n) is 11.7. The lowest BCUT2D eigenvalue weighted by atomic mass is 9.92. The summed E-state index contributed by atoms with van der Waals surface area (Å²) in [6.07, 6.45) is 4.12. The summed E-state index contributed by atoms with van der Waals surface area (Å²) in [4.78, 5) is 12.2. The van der Waals surface area contributed by atoms with Gasteiger partial charge < -0.3 is 14.8 Å². The summed E-state index contributed by atoms with van der Waals surface area (Å²) in [5.74, 6) is -4.40. The van der Waals surface area contributed by atoms with Gasteiger partial charge in [0.1, 0.15) is 11.9 Å². The molecule has 1 saturated heterocycles. The standard InChI is InChI=1S/C26H31F2N3O3/c1-17(2)23(30-25(32)26(3,27)28)24(18-9-5-4-6-10-18)34-20-12-13-21-19(15-20)16-29-31(21)22-11-7-8-14-33-22/h4-6,9-10,12-13,15-17,22-24H,7-8,11,14H2,1-3H3,(H,30,32). The molecule has 34 heavy (non-hydrogen) atoms.